The maximum Gasteiger partial charge on any atom is 0.127 e. The van der Waals surface area contributed by atoms with Crippen molar-refractivity contribution in [1.29, 1.82) is 0 Å². The van der Waals surface area contributed by atoms with Crippen LogP contribution in [-0.2, 0) is 0 Å². The molecular formula is C18H23NO. The van der Waals surface area contributed by atoms with Crippen molar-refractivity contribution in [1.82, 2.24) is 5.32 Å². The van der Waals surface area contributed by atoms with Crippen LogP contribution in [0, 0.1) is 0 Å². The monoisotopic (exact) mass is 269 g/mol. The molecule has 106 valence electrons. The third-order valence-corrected chi connectivity index (χ3v) is 3.51. The van der Waals surface area contributed by atoms with E-state index in [1.54, 1.807) is 0 Å². The molecular weight excluding hydrogens is 246 g/mol. The normalized spacial score (nSPS) is 13.8. The van der Waals surface area contributed by atoms with Crippen molar-refractivity contribution in [3.63, 3.8) is 0 Å². The van der Waals surface area contributed by atoms with Gasteiger partial charge in [0.25, 0.3) is 0 Å². The molecule has 2 atom stereocenters. The quantitative estimate of drug-likeness (QED) is 0.851. The largest absolute Gasteiger partial charge is 0.488 e. The maximum absolute atomic E-state index is 6.15. The molecule has 2 heteroatoms. The fourth-order valence-electron chi connectivity index (χ4n) is 2.22. The number of hydrogen-bond acceptors (Lipinski definition) is 2. The van der Waals surface area contributed by atoms with Gasteiger partial charge >= 0.3 is 0 Å². The van der Waals surface area contributed by atoms with Gasteiger partial charge in [0, 0.05) is 11.6 Å². The molecule has 20 heavy (non-hydrogen) atoms. The van der Waals surface area contributed by atoms with Gasteiger partial charge in [0.2, 0.25) is 0 Å². The predicted octanol–water partition coefficient (Wildman–Crippen LogP) is 4.12. The third-order valence-electron chi connectivity index (χ3n) is 3.51. The molecule has 0 saturated heterocycles. The molecule has 0 aliphatic carbocycles. The lowest BCUT2D eigenvalue weighted by Gasteiger charge is -2.23. The Labute approximate surface area is 121 Å². The highest BCUT2D eigenvalue weighted by molar-refractivity contribution is 5.70. The van der Waals surface area contributed by atoms with E-state index in [1.165, 1.54) is 5.56 Å². The Balaban J connectivity index is 2.21. The molecule has 0 fully saturated rings. The van der Waals surface area contributed by atoms with Crippen molar-refractivity contribution in [2.75, 3.05) is 6.54 Å². The van der Waals surface area contributed by atoms with Gasteiger partial charge in [-0.05, 0) is 32.0 Å². The van der Waals surface area contributed by atoms with Crippen LogP contribution in [0.1, 0.15) is 20.8 Å². The van der Waals surface area contributed by atoms with Gasteiger partial charge in [-0.1, -0.05) is 55.5 Å². The van der Waals surface area contributed by atoms with E-state index < -0.39 is 0 Å². The van der Waals surface area contributed by atoms with E-state index in [0.717, 1.165) is 17.9 Å². The topological polar surface area (TPSA) is 21.3 Å². The molecule has 0 aliphatic rings. The molecule has 0 spiro atoms. The summed E-state index contributed by atoms with van der Waals surface area (Å²) in [6.45, 7) is 7.32. The number of rotatable bonds is 6. The molecule has 2 nitrogen and oxygen atoms in total. The SMILES string of the molecule is CCNC(C)C(C)Oc1ccccc1-c1ccccc1. The minimum absolute atomic E-state index is 0.125. The van der Waals surface area contributed by atoms with Crippen molar-refractivity contribution in [2.45, 2.75) is 32.9 Å². The number of benzene rings is 2. The molecule has 2 aromatic carbocycles. The van der Waals surface area contributed by atoms with Crippen LogP contribution in [0.3, 0.4) is 0 Å². The summed E-state index contributed by atoms with van der Waals surface area (Å²) in [5.74, 6) is 0.941. The Morgan fingerprint density at radius 1 is 0.950 bits per heavy atom. The van der Waals surface area contributed by atoms with E-state index in [4.69, 9.17) is 4.74 Å². The van der Waals surface area contributed by atoms with Crippen molar-refractivity contribution in [3.8, 4) is 16.9 Å². The molecule has 0 saturated carbocycles. The predicted molar refractivity (Wildman–Crippen MR) is 85.1 cm³/mol. The molecule has 0 bridgehead atoms. The number of hydrogen-bond donors (Lipinski definition) is 1. The standard InChI is InChI=1S/C18H23NO/c1-4-19-14(2)15(3)20-18-13-9-8-12-17(18)16-10-6-5-7-11-16/h5-15,19H,4H2,1-3H3. The van der Waals surface area contributed by atoms with Crippen molar-refractivity contribution >= 4 is 0 Å². The second-order valence-corrected chi connectivity index (χ2v) is 5.03. The van der Waals surface area contributed by atoms with Crippen LogP contribution in [0.5, 0.6) is 5.75 Å². The Hall–Kier alpha value is -1.80. The number of ether oxygens (including phenoxy) is 1. The summed E-state index contributed by atoms with van der Waals surface area (Å²) in [6, 6.07) is 18.9. The number of likely N-dealkylation sites (N-methyl/N-ethyl adjacent to an activating group) is 1. The molecule has 0 heterocycles. The summed E-state index contributed by atoms with van der Waals surface area (Å²) >= 11 is 0. The van der Waals surface area contributed by atoms with Crippen molar-refractivity contribution < 1.29 is 4.74 Å². The summed E-state index contributed by atoms with van der Waals surface area (Å²) in [7, 11) is 0. The first-order valence-corrected chi connectivity index (χ1v) is 7.27. The summed E-state index contributed by atoms with van der Waals surface area (Å²) < 4.78 is 6.15. The zero-order chi connectivity index (χ0) is 14.4. The lowest BCUT2D eigenvalue weighted by molar-refractivity contribution is 0.180. The van der Waals surface area contributed by atoms with Crippen LogP contribution in [0.4, 0.5) is 0 Å². The van der Waals surface area contributed by atoms with E-state index in [1.807, 2.05) is 24.3 Å². The molecule has 2 aromatic rings. The molecule has 0 aliphatic heterocycles. The minimum atomic E-state index is 0.125. The fourth-order valence-corrected chi connectivity index (χ4v) is 2.22. The molecule has 2 rings (SSSR count). The van der Waals surface area contributed by atoms with Gasteiger partial charge in [-0.3, -0.25) is 0 Å². The van der Waals surface area contributed by atoms with E-state index >= 15 is 0 Å². The molecule has 0 amide bonds. The highest BCUT2D eigenvalue weighted by atomic mass is 16.5. The summed E-state index contributed by atoms with van der Waals surface area (Å²) in [5.41, 5.74) is 2.33. The zero-order valence-corrected chi connectivity index (χ0v) is 12.5. The van der Waals surface area contributed by atoms with E-state index in [0.29, 0.717) is 6.04 Å². The van der Waals surface area contributed by atoms with Gasteiger partial charge in [-0.25, -0.2) is 0 Å². The molecule has 0 radical (unpaired) electrons. The highest BCUT2D eigenvalue weighted by Gasteiger charge is 2.14. The van der Waals surface area contributed by atoms with Gasteiger partial charge < -0.3 is 10.1 Å². The summed E-state index contributed by atoms with van der Waals surface area (Å²) in [5, 5.41) is 3.40. The maximum atomic E-state index is 6.15. The van der Waals surface area contributed by atoms with E-state index in [2.05, 4.69) is 56.4 Å². The van der Waals surface area contributed by atoms with Crippen LogP contribution in [-0.4, -0.2) is 18.7 Å². The lowest BCUT2D eigenvalue weighted by atomic mass is 10.0. The number of nitrogens with one attached hydrogen (secondary N) is 1. The molecule has 2 unspecified atom stereocenters. The van der Waals surface area contributed by atoms with Crippen LogP contribution in [0.2, 0.25) is 0 Å². The summed E-state index contributed by atoms with van der Waals surface area (Å²) in [6.07, 6.45) is 0.125. The first-order valence-electron chi connectivity index (χ1n) is 7.27. The van der Waals surface area contributed by atoms with E-state index in [9.17, 15) is 0 Å². The van der Waals surface area contributed by atoms with Crippen LogP contribution in [0.15, 0.2) is 54.6 Å². The fraction of sp³-hybridized carbons (Fsp3) is 0.333. The van der Waals surface area contributed by atoms with E-state index in [-0.39, 0.29) is 6.10 Å². The van der Waals surface area contributed by atoms with Gasteiger partial charge in [-0.2, -0.15) is 0 Å². The average molecular weight is 269 g/mol. The Bertz CT molecular complexity index is 524. The first-order chi connectivity index (χ1) is 9.72. The molecule has 1 N–H and O–H groups in total. The Morgan fingerprint density at radius 2 is 1.60 bits per heavy atom. The van der Waals surface area contributed by atoms with Gasteiger partial charge in [0.1, 0.15) is 11.9 Å². The average Bonchev–Trinajstić information content (AvgIpc) is 2.49. The van der Waals surface area contributed by atoms with Crippen LogP contribution < -0.4 is 10.1 Å². The second kappa shape index (κ2) is 7.11. The minimum Gasteiger partial charge on any atom is -0.488 e. The van der Waals surface area contributed by atoms with Crippen molar-refractivity contribution in [3.05, 3.63) is 54.6 Å². The zero-order valence-electron chi connectivity index (χ0n) is 12.5. The number of para-hydroxylation sites is 1. The summed E-state index contributed by atoms with van der Waals surface area (Å²) in [4.78, 5) is 0. The smallest absolute Gasteiger partial charge is 0.127 e. The Morgan fingerprint density at radius 3 is 2.30 bits per heavy atom. The lowest BCUT2D eigenvalue weighted by Crippen LogP contribution is -2.38. The van der Waals surface area contributed by atoms with Crippen LogP contribution in [0.25, 0.3) is 11.1 Å². The van der Waals surface area contributed by atoms with Crippen LogP contribution >= 0.6 is 0 Å². The first kappa shape index (κ1) is 14.6. The van der Waals surface area contributed by atoms with Crippen molar-refractivity contribution in [2.24, 2.45) is 0 Å². The Kier molecular flexibility index (Phi) is 5.19. The second-order valence-electron chi connectivity index (χ2n) is 5.03. The van der Waals surface area contributed by atoms with Gasteiger partial charge in [-0.15, -0.1) is 0 Å². The highest BCUT2D eigenvalue weighted by Crippen LogP contribution is 2.30. The third kappa shape index (κ3) is 3.61. The molecule has 0 aromatic heterocycles. The van der Waals surface area contributed by atoms with Gasteiger partial charge in [0.05, 0.1) is 0 Å². The van der Waals surface area contributed by atoms with Gasteiger partial charge in [0.15, 0.2) is 0 Å².